The van der Waals surface area contributed by atoms with Crippen LogP contribution in [-0.2, 0) is 6.54 Å². The Morgan fingerprint density at radius 3 is 3.00 bits per heavy atom. The second-order valence-corrected chi connectivity index (χ2v) is 3.45. The maximum Gasteiger partial charge on any atom is 0.188 e. The van der Waals surface area contributed by atoms with Crippen LogP contribution in [-0.4, -0.2) is 27.5 Å². The maximum absolute atomic E-state index is 5.56. The predicted octanol–water partition coefficient (Wildman–Crippen LogP) is 0.919. The predicted molar refractivity (Wildman–Crippen MR) is 81.2 cm³/mol. The van der Waals surface area contributed by atoms with E-state index in [4.69, 9.17) is 5.73 Å². The van der Waals surface area contributed by atoms with Gasteiger partial charge in [0, 0.05) is 32.2 Å². The van der Waals surface area contributed by atoms with Gasteiger partial charge in [-0.25, -0.2) is 9.97 Å². The monoisotopic (exact) mass is 358 g/mol. The normalized spacial score (nSPS) is 10.8. The number of nitrogens with two attached hydrogens (primary N) is 1. The third kappa shape index (κ3) is 3.69. The number of aliphatic imine (C=N–C) groups is 1. The lowest BCUT2D eigenvalue weighted by Crippen LogP contribution is -2.30. The Labute approximate surface area is 122 Å². The molecule has 0 saturated heterocycles. The summed E-state index contributed by atoms with van der Waals surface area (Å²) in [6.07, 6.45) is 7.03. The number of rotatable bonds is 3. The zero-order valence-corrected chi connectivity index (χ0v) is 12.3. The third-order valence-corrected chi connectivity index (χ3v) is 2.29. The lowest BCUT2D eigenvalue weighted by molar-refractivity contribution is 0.887. The van der Waals surface area contributed by atoms with Gasteiger partial charge in [0.1, 0.15) is 12.1 Å². The van der Waals surface area contributed by atoms with E-state index in [9.17, 15) is 0 Å². The molecule has 18 heavy (non-hydrogen) atoms. The quantitative estimate of drug-likeness (QED) is 0.486. The molecule has 0 fully saturated rings. The van der Waals surface area contributed by atoms with E-state index >= 15 is 0 Å². The van der Waals surface area contributed by atoms with Gasteiger partial charge in [0.25, 0.3) is 0 Å². The van der Waals surface area contributed by atoms with E-state index in [0.29, 0.717) is 12.5 Å². The highest BCUT2D eigenvalue weighted by Crippen LogP contribution is 2.06. The average Bonchev–Trinajstić information content (AvgIpc) is 2.90. The molecule has 6 nitrogen and oxygen atoms in total. The van der Waals surface area contributed by atoms with E-state index in [-0.39, 0.29) is 24.0 Å². The molecule has 0 radical (unpaired) electrons. The Morgan fingerprint density at radius 2 is 2.33 bits per heavy atom. The van der Waals surface area contributed by atoms with Crippen molar-refractivity contribution in [2.75, 3.05) is 7.05 Å². The summed E-state index contributed by atoms with van der Waals surface area (Å²) in [5.41, 5.74) is 6.64. The van der Waals surface area contributed by atoms with Gasteiger partial charge in [-0.15, -0.1) is 24.0 Å². The first-order valence-corrected chi connectivity index (χ1v) is 5.19. The van der Waals surface area contributed by atoms with Crippen molar-refractivity contribution in [2.24, 2.45) is 10.7 Å². The number of nitrogens with zero attached hydrogens (tertiary/aromatic N) is 4. The summed E-state index contributed by atoms with van der Waals surface area (Å²) in [5.74, 6) is 1.25. The molecule has 0 aromatic carbocycles. The molecule has 3 N–H and O–H groups in total. The second kappa shape index (κ2) is 6.94. The SMILES string of the molecule is CN=C(N)NCc1ccnc(-n2ccnc2)c1.I. The van der Waals surface area contributed by atoms with Crippen LogP contribution in [0.25, 0.3) is 5.82 Å². The Morgan fingerprint density at radius 1 is 1.50 bits per heavy atom. The molecular formula is C11H15IN6. The smallest absolute Gasteiger partial charge is 0.188 e. The van der Waals surface area contributed by atoms with Crippen LogP contribution < -0.4 is 11.1 Å². The largest absolute Gasteiger partial charge is 0.370 e. The molecule has 0 aliphatic heterocycles. The van der Waals surface area contributed by atoms with Crippen molar-refractivity contribution in [3.63, 3.8) is 0 Å². The molecule has 0 aliphatic carbocycles. The molecule has 7 heteroatoms. The van der Waals surface area contributed by atoms with E-state index in [1.165, 1.54) is 0 Å². The molecule has 0 aliphatic rings. The van der Waals surface area contributed by atoms with Crippen molar-refractivity contribution in [1.29, 1.82) is 0 Å². The van der Waals surface area contributed by atoms with E-state index in [1.807, 2.05) is 22.9 Å². The summed E-state index contributed by atoms with van der Waals surface area (Å²) in [4.78, 5) is 12.1. The van der Waals surface area contributed by atoms with Crippen molar-refractivity contribution in [3.8, 4) is 5.82 Å². The van der Waals surface area contributed by atoms with E-state index in [1.54, 1.807) is 25.8 Å². The molecule has 2 rings (SSSR count). The molecular weight excluding hydrogens is 343 g/mol. The van der Waals surface area contributed by atoms with Gasteiger partial charge in [0.05, 0.1) is 0 Å². The first-order valence-electron chi connectivity index (χ1n) is 5.19. The van der Waals surface area contributed by atoms with Crippen molar-refractivity contribution in [2.45, 2.75) is 6.54 Å². The van der Waals surface area contributed by atoms with E-state index < -0.39 is 0 Å². The van der Waals surface area contributed by atoms with Crippen LogP contribution in [0.4, 0.5) is 0 Å². The highest BCUT2D eigenvalue weighted by Gasteiger charge is 1.99. The van der Waals surface area contributed by atoms with Crippen LogP contribution in [0.5, 0.6) is 0 Å². The molecule has 0 amide bonds. The van der Waals surface area contributed by atoms with Crippen LogP contribution in [0, 0.1) is 0 Å². The number of nitrogens with one attached hydrogen (secondary N) is 1. The number of imidazole rings is 1. The van der Waals surface area contributed by atoms with Gasteiger partial charge in [-0.3, -0.25) is 9.56 Å². The van der Waals surface area contributed by atoms with Crippen LogP contribution in [0.2, 0.25) is 0 Å². The lowest BCUT2D eigenvalue weighted by Gasteiger charge is -2.06. The highest BCUT2D eigenvalue weighted by atomic mass is 127. The summed E-state index contributed by atoms with van der Waals surface area (Å²) in [6, 6.07) is 3.90. The molecule has 0 atom stereocenters. The Balaban J connectivity index is 0.00000162. The summed E-state index contributed by atoms with van der Waals surface area (Å²) in [7, 11) is 1.64. The third-order valence-electron chi connectivity index (χ3n) is 2.29. The number of aromatic nitrogens is 3. The van der Waals surface area contributed by atoms with Gasteiger partial charge in [-0.05, 0) is 17.7 Å². The van der Waals surface area contributed by atoms with Gasteiger partial charge in [0.15, 0.2) is 5.96 Å². The number of halogens is 1. The average molecular weight is 358 g/mol. The van der Waals surface area contributed by atoms with Crippen molar-refractivity contribution >= 4 is 29.9 Å². The van der Waals surface area contributed by atoms with Crippen LogP contribution in [0.15, 0.2) is 42.0 Å². The van der Waals surface area contributed by atoms with Crippen LogP contribution in [0.1, 0.15) is 5.56 Å². The second-order valence-electron chi connectivity index (χ2n) is 3.45. The van der Waals surface area contributed by atoms with Gasteiger partial charge in [-0.2, -0.15) is 0 Å². The highest BCUT2D eigenvalue weighted by molar-refractivity contribution is 14.0. The summed E-state index contributed by atoms with van der Waals surface area (Å²) < 4.78 is 1.85. The number of pyridine rings is 1. The van der Waals surface area contributed by atoms with Crippen molar-refractivity contribution < 1.29 is 0 Å². The fraction of sp³-hybridized carbons (Fsp3) is 0.182. The fourth-order valence-electron chi connectivity index (χ4n) is 1.38. The van der Waals surface area contributed by atoms with Gasteiger partial charge < -0.3 is 11.1 Å². The van der Waals surface area contributed by atoms with Crippen molar-refractivity contribution in [1.82, 2.24) is 19.9 Å². The van der Waals surface area contributed by atoms with Gasteiger partial charge in [0.2, 0.25) is 0 Å². The zero-order chi connectivity index (χ0) is 12.1. The molecule has 2 aromatic rings. The minimum Gasteiger partial charge on any atom is -0.370 e. The Hall–Kier alpha value is -1.64. The summed E-state index contributed by atoms with van der Waals surface area (Å²) >= 11 is 0. The lowest BCUT2D eigenvalue weighted by atomic mass is 10.2. The van der Waals surface area contributed by atoms with Gasteiger partial charge in [-0.1, -0.05) is 0 Å². The molecule has 2 aromatic heterocycles. The topological polar surface area (TPSA) is 81.1 Å². The first-order chi connectivity index (χ1) is 8.29. The fourth-order valence-corrected chi connectivity index (χ4v) is 1.38. The summed E-state index contributed by atoms with van der Waals surface area (Å²) in [6.45, 7) is 0.618. The standard InChI is InChI=1S/C11H14N6.HI/c1-13-11(12)16-7-9-2-3-15-10(6-9)17-5-4-14-8-17;/h2-6,8H,7H2,1H3,(H3,12,13,16);1H. The molecule has 0 bridgehead atoms. The molecule has 2 heterocycles. The van der Waals surface area contributed by atoms with Crippen LogP contribution in [0.3, 0.4) is 0 Å². The minimum absolute atomic E-state index is 0. The minimum atomic E-state index is 0. The zero-order valence-electron chi connectivity index (χ0n) is 9.95. The number of hydrogen-bond acceptors (Lipinski definition) is 3. The van der Waals surface area contributed by atoms with E-state index in [2.05, 4.69) is 20.3 Å². The van der Waals surface area contributed by atoms with E-state index in [0.717, 1.165) is 11.4 Å². The molecule has 96 valence electrons. The van der Waals surface area contributed by atoms with Gasteiger partial charge >= 0.3 is 0 Å². The Bertz CT molecular complexity index is 508. The van der Waals surface area contributed by atoms with Crippen molar-refractivity contribution in [3.05, 3.63) is 42.6 Å². The van der Waals surface area contributed by atoms with Crippen LogP contribution >= 0.6 is 24.0 Å². The maximum atomic E-state index is 5.56. The molecule has 0 spiro atoms. The number of hydrogen-bond donors (Lipinski definition) is 2. The first kappa shape index (κ1) is 14.4. The molecule has 0 saturated carbocycles. The molecule has 0 unspecified atom stereocenters. The summed E-state index contributed by atoms with van der Waals surface area (Å²) in [5, 5.41) is 3.00. The number of guanidine groups is 1. The Kier molecular flexibility index (Phi) is 5.56.